The molecule has 1 aliphatic heterocycles. The highest BCUT2D eigenvalue weighted by Crippen LogP contribution is 2.29. The first-order valence-electron chi connectivity index (χ1n) is 7.62. The van der Waals surface area contributed by atoms with Gasteiger partial charge < -0.3 is 10.6 Å². The average molecular weight is 335 g/mol. The number of benzene rings is 1. The number of aryl methyl sites for hydroxylation is 3. The summed E-state index contributed by atoms with van der Waals surface area (Å²) in [6.45, 7) is 5.57. The topological polar surface area (TPSA) is 59.0 Å². The first-order chi connectivity index (χ1) is 10.5. The Morgan fingerprint density at radius 1 is 1.35 bits per heavy atom. The molecule has 2 atom stereocenters. The lowest BCUT2D eigenvalue weighted by Crippen LogP contribution is -2.28. The van der Waals surface area contributed by atoms with E-state index in [0.29, 0.717) is 6.54 Å². The van der Waals surface area contributed by atoms with E-state index < -0.39 is 0 Å². The summed E-state index contributed by atoms with van der Waals surface area (Å²) in [7, 11) is 1.90. The quantitative estimate of drug-likeness (QED) is 0.906. The number of aromatic nitrogens is 2. The molecule has 1 fully saturated rings. The smallest absolute Gasteiger partial charge is 0.229 e. The Hall–Kier alpha value is -1.85. The first-order valence-corrected chi connectivity index (χ1v) is 7.62. The molecule has 1 saturated heterocycles. The number of nitrogens with zero attached hydrogens (tertiary/aromatic N) is 2. The Morgan fingerprint density at radius 2 is 2.13 bits per heavy atom. The van der Waals surface area contributed by atoms with E-state index in [1.54, 1.807) is 4.68 Å². The molecule has 5 nitrogen and oxygen atoms in total. The molecule has 1 amide bonds. The van der Waals surface area contributed by atoms with E-state index in [0.717, 1.165) is 28.9 Å². The lowest BCUT2D eigenvalue weighted by Gasteiger charge is -2.18. The average Bonchev–Trinajstić information content (AvgIpc) is 3.11. The fourth-order valence-corrected chi connectivity index (χ4v) is 3.03. The third-order valence-electron chi connectivity index (χ3n) is 4.35. The highest BCUT2D eigenvalue weighted by atomic mass is 35.5. The highest BCUT2D eigenvalue weighted by molar-refractivity contribution is 5.94. The molecule has 0 saturated carbocycles. The van der Waals surface area contributed by atoms with Crippen LogP contribution in [0.4, 0.5) is 5.69 Å². The maximum atomic E-state index is 12.7. The summed E-state index contributed by atoms with van der Waals surface area (Å²) < 4.78 is 1.79. The van der Waals surface area contributed by atoms with Gasteiger partial charge in [0.15, 0.2) is 0 Å². The van der Waals surface area contributed by atoms with Crippen molar-refractivity contribution in [2.24, 2.45) is 13.0 Å². The minimum absolute atomic E-state index is 0. The maximum absolute atomic E-state index is 12.7. The number of nitrogens with one attached hydrogen (secondary N) is 2. The van der Waals surface area contributed by atoms with Crippen molar-refractivity contribution in [3.63, 3.8) is 0 Å². The molecule has 1 aromatic heterocycles. The molecule has 0 radical (unpaired) electrons. The molecule has 2 heterocycles. The Morgan fingerprint density at radius 3 is 2.83 bits per heavy atom. The largest absolute Gasteiger partial charge is 0.326 e. The van der Waals surface area contributed by atoms with E-state index in [9.17, 15) is 4.79 Å². The molecule has 2 aromatic rings. The molecule has 0 spiro atoms. The normalized spacial score (nSPS) is 20.1. The molecule has 0 aliphatic carbocycles. The van der Waals surface area contributed by atoms with Crippen molar-refractivity contribution in [2.75, 3.05) is 18.4 Å². The van der Waals surface area contributed by atoms with E-state index >= 15 is 0 Å². The zero-order valence-corrected chi connectivity index (χ0v) is 14.5. The number of carbonyl (C=O) groups excluding carboxylic acids is 1. The van der Waals surface area contributed by atoms with E-state index in [1.165, 1.54) is 0 Å². The second-order valence-corrected chi connectivity index (χ2v) is 6.13. The van der Waals surface area contributed by atoms with Crippen LogP contribution in [0.3, 0.4) is 0 Å². The number of halogens is 1. The van der Waals surface area contributed by atoms with Crippen LogP contribution < -0.4 is 10.6 Å². The van der Waals surface area contributed by atoms with E-state index in [-0.39, 0.29) is 30.2 Å². The van der Waals surface area contributed by atoms with Crippen LogP contribution in [0.2, 0.25) is 0 Å². The van der Waals surface area contributed by atoms with Crippen LogP contribution in [0.15, 0.2) is 30.6 Å². The fraction of sp³-hybridized carbons (Fsp3) is 0.412. The van der Waals surface area contributed by atoms with Gasteiger partial charge in [-0.05, 0) is 36.6 Å². The molecule has 2 N–H and O–H groups in total. The van der Waals surface area contributed by atoms with Crippen LogP contribution in [0.25, 0.3) is 0 Å². The van der Waals surface area contributed by atoms with E-state index in [1.807, 2.05) is 45.4 Å². The molecule has 0 unspecified atom stereocenters. The molecule has 1 aliphatic rings. The molecular weight excluding hydrogens is 312 g/mol. The zero-order valence-electron chi connectivity index (χ0n) is 13.7. The summed E-state index contributed by atoms with van der Waals surface area (Å²) in [4.78, 5) is 12.7. The SMILES string of the molecule is Cc1ccc(C)c(NC(=O)[C@H]2CNC[C@@H]2c2cnn(C)c2)c1.Cl. The van der Waals surface area contributed by atoms with Gasteiger partial charge in [-0.3, -0.25) is 9.48 Å². The Balaban J connectivity index is 0.00000192. The number of amides is 1. The molecular formula is C17H23ClN4O. The van der Waals surface area contributed by atoms with Gasteiger partial charge in [-0.25, -0.2) is 0 Å². The summed E-state index contributed by atoms with van der Waals surface area (Å²) in [5.41, 5.74) is 4.26. The predicted molar refractivity (Wildman–Crippen MR) is 94.1 cm³/mol. The van der Waals surface area contributed by atoms with Gasteiger partial charge in [0, 0.05) is 37.9 Å². The molecule has 0 bridgehead atoms. The third-order valence-corrected chi connectivity index (χ3v) is 4.35. The second kappa shape index (κ2) is 7.15. The van der Waals surface area contributed by atoms with Crippen LogP contribution in [-0.4, -0.2) is 28.8 Å². The van der Waals surface area contributed by atoms with Crippen molar-refractivity contribution in [1.82, 2.24) is 15.1 Å². The van der Waals surface area contributed by atoms with Gasteiger partial charge in [0.1, 0.15) is 0 Å². The van der Waals surface area contributed by atoms with Gasteiger partial charge in [0.05, 0.1) is 12.1 Å². The third kappa shape index (κ3) is 3.74. The summed E-state index contributed by atoms with van der Waals surface area (Å²) >= 11 is 0. The van der Waals surface area contributed by atoms with Crippen molar-refractivity contribution in [1.29, 1.82) is 0 Å². The van der Waals surface area contributed by atoms with Gasteiger partial charge in [-0.15, -0.1) is 12.4 Å². The Labute approximate surface area is 142 Å². The molecule has 1 aromatic carbocycles. The van der Waals surface area contributed by atoms with Crippen LogP contribution in [0, 0.1) is 19.8 Å². The van der Waals surface area contributed by atoms with Crippen molar-refractivity contribution in [2.45, 2.75) is 19.8 Å². The second-order valence-electron chi connectivity index (χ2n) is 6.13. The fourth-order valence-electron chi connectivity index (χ4n) is 3.03. The summed E-state index contributed by atoms with van der Waals surface area (Å²) in [5, 5.41) is 10.6. The Bertz CT molecular complexity index is 698. The molecule has 124 valence electrons. The van der Waals surface area contributed by atoms with Crippen LogP contribution in [0.5, 0.6) is 0 Å². The van der Waals surface area contributed by atoms with Gasteiger partial charge in [-0.2, -0.15) is 5.10 Å². The van der Waals surface area contributed by atoms with Crippen molar-refractivity contribution >= 4 is 24.0 Å². The summed E-state index contributed by atoms with van der Waals surface area (Å²) in [6, 6.07) is 6.12. The predicted octanol–water partition coefficient (Wildman–Crippen LogP) is 2.40. The maximum Gasteiger partial charge on any atom is 0.229 e. The number of hydrogen-bond acceptors (Lipinski definition) is 3. The highest BCUT2D eigenvalue weighted by Gasteiger charge is 2.34. The molecule has 3 rings (SSSR count). The van der Waals surface area contributed by atoms with Gasteiger partial charge in [-0.1, -0.05) is 12.1 Å². The number of rotatable bonds is 3. The van der Waals surface area contributed by atoms with Crippen LogP contribution >= 0.6 is 12.4 Å². The summed E-state index contributed by atoms with van der Waals surface area (Å²) in [6.07, 6.45) is 3.85. The van der Waals surface area contributed by atoms with Crippen molar-refractivity contribution in [3.8, 4) is 0 Å². The summed E-state index contributed by atoms with van der Waals surface area (Å²) in [5.74, 6) is 0.190. The van der Waals surface area contributed by atoms with Crippen LogP contribution in [-0.2, 0) is 11.8 Å². The van der Waals surface area contributed by atoms with E-state index in [2.05, 4.69) is 21.8 Å². The lowest BCUT2D eigenvalue weighted by atomic mass is 9.90. The minimum atomic E-state index is -0.0656. The van der Waals surface area contributed by atoms with Gasteiger partial charge in [0.2, 0.25) is 5.91 Å². The number of anilines is 1. The van der Waals surface area contributed by atoms with Crippen molar-refractivity contribution in [3.05, 3.63) is 47.3 Å². The molecule has 6 heteroatoms. The van der Waals surface area contributed by atoms with Gasteiger partial charge >= 0.3 is 0 Å². The Kier molecular flexibility index (Phi) is 5.44. The van der Waals surface area contributed by atoms with Gasteiger partial charge in [0.25, 0.3) is 0 Å². The monoisotopic (exact) mass is 334 g/mol. The number of carbonyl (C=O) groups is 1. The molecule has 23 heavy (non-hydrogen) atoms. The first kappa shape index (κ1) is 17.5. The zero-order chi connectivity index (χ0) is 15.7. The van der Waals surface area contributed by atoms with Crippen LogP contribution in [0.1, 0.15) is 22.6 Å². The van der Waals surface area contributed by atoms with E-state index in [4.69, 9.17) is 0 Å². The standard InChI is InChI=1S/C17H22N4O.ClH/c1-11-4-5-12(2)16(6-11)20-17(22)15-9-18-8-14(15)13-7-19-21(3)10-13;/h4-7,10,14-15,18H,8-9H2,1-3H3,(H,20,22);1H/t14-,15+;/m1./s1. The lowest BCUT2D eigenvalue weighted by molar-refractivity contribution is -0.119. The van der Waals surface area contributed by atoms with Crippen molar-refractivity contribution < 1.29 is 4.79 Å². The number of hydrogen-bond donors (Lipinski definition) is 2. The minimum Gasteiger partial charge on any atom is -0.326 e.